The third-order valence-corrected chi connectivity index (χ3v) is 6.69. The molecular weight excluding hydrogens is 436 g/mol. The Labute approximate surface area is 189 Å². The Morgan fingerprint density at radius 2 is 1.81 bits per heavy atom. The number of carbonyl (C=O) groups excluding carboxylic acids is 2. The molecule has 5 unspecified atom stereocenters. The first-order valence-electron chi connectivity index (χ1n) is 10.2. The first-order chi connectivity index (χ1) is 15.4. The summed E-state index contributed by atoms with van der Waals surface area (Å²) < 4.78 is 21.7. The van der Waals surface area contributed by atoms with Crippen LogP contribution in [0.1, 0.15) is 17.5 Å². The topological polar surface area (TPSA) is 112 Å². The predicted octanol–water partition coefficient (Wildman–Crippen LogP) is 1.84. The van der Waals surface area contributed by atoms with Crippen molar-refractivity contribution in [2.75, 3.05) is 7.11 Å². The first kappa shape index (κ1) is 22.6. The zero-order valence-electron chi connectivity index (χ0n) is 17.4. The van der Waals surface area contributed by atoms with E-state index in [2.05, 4.69) is 0 Å². The van der Waals surface area contributed by atoms with Crippen LogP contribution in [-0.4, -0.2) is 59.1 Å². The van der Waals surface area contributed by atoms with E-state index >= 15 is 0 Å². The molecule has 2 aromatic carbocycles. The van der Waals surface area contributed by atoms with Crippen molar-refractivity contribution in [2.45, 2.75) is 54.2 Å². The van der Waals surface area contributed by atoms with Gasteiger partial charge in [0.15, 0.2) is 0 Å². The van der Waals surface area contributed by atoms with E-state index in [-0.39, 0.29) is 25.4 Å². The fraction of sp³-hybridized carbons (Fsp3) is 0.391. The number of hydrogen-bond acceptors (Lipinski definition) is 9. The minimum absolute atomic E-state index is 0.116. The SMILES string of the molecule is COC(=O)Cc1ccc2c(c1)SC1C(O2)OC(CC(=O)OCc2ccccc2)C(O)C1O. The van der Waals surface area contributed by atoms with Gasteiger partial charge in [-0.3, -0.25) is 9.59 Å². The molecule has 0 bridgehead atoms. The lowest BCUT2D eigenvalue weighted by Crippen LogP contribution is -2.59. The molecule has 0 saturated carbocycles. The standard InChI is InChI=1S/C23H24O8S/c1-28-18(24)10-14-7-8-15-17(9-14)32-22-21(27)20(26)16(31-23(22)30-15)11-19(25)29-12-13-5-3-2-4-6-13/h2-9,16,20-23,26-27H,10-12H2,1H3. The summed E-state index contributed by atoms with van der Waals surface area (Å²) >= 11 is 1.30. The molecule has 170 valence electrons. The van der Waals surface area contributed by atoms with Gasteiger partial charge in [-0.15, -0.1) is 11.8 Å². The second-order valence-electron chi connectivity index (χ2n) is 7.61. The maximum absolute atomic E-state index is 12.3. The number of aliphatic hydroxyl groups is 2. The van der Waals surface area contributed by atoms with Crippen molar-refractivity contribution >= 4 is 23.7 Å². The van der Waals surface area contributed by atoms with Crippen LogP contribution < -0.4 is 4.74 Å². The van der Waals surface area contributed by atoms with E-state index in [1.807, 2.05) is 30.3 Å². The highest BCUT2D eigenvalue weighted by atomic mass is 32.2. The van der Waals surface area contributed by atoms with E-state index in [1.54, 1.807) is 18.2 Å². The third kappa shape index (κ3) is 5.07. The number of esters is 2. The van der Waals surface area contributed by atoms with Crippen molar-refractivity contribution in [3.8, 4) is 5.75 Å². The molecular formula is C23H24O8S. The van der Waals surface area contributed by atoms with Gasteiger partial charge in [0.25, 0.3) is 0 Å². The third-order valence-electron chi connectivity index (χ3n) is 5.35. The van der Waals surface area contributed by atoms with E-state index in [4.69, 9.17) is 18.9 Å². The van der Waals surface area contributed by atoms with Crippen LogP contribution in [0.3, 0.4) is 0 Å². The number of thioether (sulfide) groups is 1. The van der Waals surface area contributed by atoms with Crippen LogP contribution >= 0.6 is 11.8 Å². The monoisotopic (exact) mass is 460 g/mol. The van der Waals surface area contributed by atoms with Crippen LogP contribution in [-0.2, 0) is 36.8 Å². The molecule has 0 amide bonds. The van der Waals surface area contributed by atoms with Crippen LogP contribution in [0.15, 0.2) is 53.4 Å². The molecule has 2 aliphatic rings. The summed E-state index contributed by atoms with van der Waals surface area (Å²) in [6, 6.07) is 14.5. The first-order valence-corrected chi connectivity index (χ1v) is 11.1. The number of aliphatic hydroxyl groups excluding tert-OH is 2. The van der Waals surface area contributed by atoms with E-state index in [0.717, 1.165) is 16.0 Å². The Hall–Kier alpha value is -2.59. The van der Waals surface area contributed by atoms with Gasteiger partial charge in [-0.05, 0) is 23.3 Å². The minimum atomic E-state index is -1.28. The van der Waals surface area contributed by atoms with Gasteiger partial charge in [0.2, 0.25) is 6.29 Å². The van der Waals surface area contributed by atoms with E-state index in [1.165, 1.54) is 18.9 Å². The summed E-state index contributed by atoms with van der Waals surface area (Å²) in [6.45, 7) is 0.116. The minimum Gasteiger partial charge on any atom is -0.469 e. The summed E-state index contributed by atoms with van der Waals surface area (Å²) in [5.41, 5.74) is 1.59. The molecule has 2 aliphatic heterocycles. The average Bonchev–Trinajstić information content (AvgIpc) is 2.81. The molecule has 32 heavy (non-hydrogen) atoms. The van der Waals surface area contributed by atoms with E-state index < -0.39 is 35.8 Å². The largest absolute Gasteiger partial charge is 0.469 e. The van der Waals surface area contributed by atoms with Crippen LogP contribution in [0.5, 0.6) is 5.75 Å². The van der Waals surface area contributed by atoms with Gasteiger partial charge in [-0.25, -0.2) is 0 Å². The molecule has 4 rings (SSSR count). The Bertz CT molecular complexity index is 966. The summed E-state index contributed by atoms with van der Waals surface area (Å²) in [5, 5.41) is 20.6. The molecule has 1 saturated heterocycles. The van der Waals surface area contributed by atoms with Crippen molar-refractivity contribution in [1.29, 1.82) is 0 Å². The smallest absolute Gasteiger partial charge is 0.309 e. The van der Waals surface area contributed by atoms with E-state index in [9.17, 15) is 19.8 Å². The zero-order chi connectivity index (χ0) is 22.7. The highest BCUT2D eigenvalue weighted by Gasteiger charge is 2.49. The van der Waals surface area contributed by atoms with Gasteiger partial charge >= 0.3 is 11.9 Å². The molecule has 0 spiro atoms. The lowest BCUT2D eigenvalue weighted by atomic mass is 9.98. The highest BCUT2D eigenvalue weighted by Crippen LogP contribution is 2.45. The van der Waals surface area contributed by atoms with E-state index in [0.29, 0.717) is 5.75 Å². The highest BCUT2D eigenvalue weighted by molar-refractivity contribution is 8.00. The van der Waals surface area contributed by atoms with Crippen LogP contribution in [0, 0.1) is 0 Å². The maximum atomic E-state index is 12.3. The van der Waals surface area contributed by atoms with Gasteiger partial charge in [-0.1, -0.05) is 36.4 Å². The summed E-state index contributed by atoms with van der Waals surface area (Å²) in [5.74, 6) is -0.360. The van der Waals surface area contributed by atoms with Gasteiger partial charge in [0.05, 0.1) is 24.8 Å². The zero-order valence-corrected chi connectivity index (χ0v) is 18.2. The van der Waals surface area contributed by atoms with Gasteiger partial charge in [0.1, 0.15) is 35.9 Å². The normalized spacial score (nSPS) is 26.3. The molecule has 2 heterocycles. The van der Waals surface area contributed by atoms with Gasteiger partial charge in [-0.2, -0.15) is 0 Å². The molecule has 2 N–H and O–H groups in total. The Morgan fingerprint density at radius 1 is 1.03 bits per heavy atom. The molecule has 0 radical (unpaired) electrons. The van der Waals surface area contributed by atoms with Crippen molar-refractivity contribution in [3.63, 3.8) is 0 Å². The number of fused-ring (bicyclic) bond motifs is 2. The molecule has 1 fully saturated rings. The van der Waals surface area contributed by atoms with Crippen molar-refractivity contribution in [2.24, 2.45) is 0 Å². The Morgan fingerprint density at radius 3 is 2.56 bits per heavy atom. The number of methoxy groups -OCH3 is 1. The molecule has 5 atom stereocenters. The average molecular weight is 461 g/mol. The van der Waals surface area contributed by atoms with Gasteiger partial charge < -0.3 is 29.2 Å². The number of hydrogen-bond donors (Lipinski definition) is 2. The summed E-state index contributed by atoms with van der Waals surface area (Å²) in [7, 11) is 1.33. The van der Waals surface area contributed by atoms with Gasteiger partial charge in [0, 0.05) is 0 Å². The molecule has 0 aromatic heterocycles. The second kappa shape index (κ2) is 9.91. The van der Waals surface area contributed by atoms with Crippen LogP contribution in [0.2, 0.25) is 0 Å². The molecule has 9 heteroatoms. The number of ether oxygens (including phenoxy) is 4. The van der Waals surface area contributed by atoms with Crippen molar-refractivity contribution in [1.82, 2.24) is 0 Å². The fourth-order valence-electron chi connectivity index (χ4n) is 3.62. The number of carbonyl (C=O) groups is 2. The molecule has 2 aromatic rings. The lowest BCUT2D eigenvalue weighted by Gasteiger charge is -2.44. The van der Waals surface area contributed by atoms with Crippen LogP contribution in [0.25, 0.3) is 0 Å². The molecule has 0 aliphatic carbocycles. The molecule has 8 nitrogen and oxygen atoms in total. The predicted molar refractivity (Wildman–Crippen MR) is 114 cm³/mol. The fourth-order valence-corrected chi connectivity index (χ4v) is 4.89. The Balaban J connectivity index is 1.39. The maximum Gasteiger partial charge on any atom is 0.309 e. The lowest BCUT2D eigenvalue weighted by molar-refractivity contribution is -0.223. The van der Waals surface area contributed by atoms with Crippen molar-refractivity contribution < 1.29 is 38.7 Å². The number of benzene rings is 2. The quantitative estimate of drug-likeness (QED) is 0.624. The summed E-state index contributed by atoms with van der Waals surface area (Å²) in [4.78, 5) is 24.5. The summed E-state index contributed by atoms with van der Waals surface area (Å²) in [6.07, 6.45) is -4.36. The second-order valence-corrected chi connectivity index (χ2v) is 8.83. The Kier molecular flexibility index (Phi) is 7.00. The van der Waals surface area contributed by atoms with Crippen LogP contribution in [0.4, 0.5) is 0 Å². The van der Waals surface area contributed by atoms with Crippen molar-refractivity contribution in [3.05, 3.63) is 59.7 Å². The number of rotatable bonds is 6.